The number of hydrogen-bond donors (Lipinski definition) is 2. The van der Waals surface area contributed by atoms with Gasteiger partial charge in [0.2, 0.25) is 5.78 Å². The lowest BCUT2D eigenvalue weighted by molar-refractivity contribution is -0.146. The van der Waals surface area contributed by atoms with Crippen molar-refractivity contribution in [2.75, 3.05) is 20.2 Å². The van der Waals surface area contributed by atoms with Crippen LogP contribution in [0.5, 0.6) is 0 Å². The molecule has 10 nitrogen and oxygen atoms in total. The summed E-state index contributed by atoms with van der Waals surface area (Å²) in [4.78, 5) is 50.7. The zero-order chi connectivity index (χ0) is 29.2. The number of aromatic nitrogens is 3. The molecule has 2 heterocycles. The molecule has 4 rings (SSSR count). The van der Waals surface area contributed by atoms with Gasteiger partial charge in [-0.25, -0.2) is 5.48 Å². The number of ketones is 1. The first kappa shape index (κ1) is 29.3. The second kappa shape index (κ2) is 14.1. The van der Waals surface area contributed by atoms with Gasteiger partial charge in [0.25, 0.3) is 5.91 Å². The molecule has 2 aromatic heterocycles. The summed E-state index contributed by atoms with van der Waals surface area (Å²) in [5.41, 5.74) is 5.69. The summed E-state index contributed by atoms with van der Waals surface area (Å²) in [6.07, 6.45) is 4.63. The maximum atomic E-state index is 13.6. The van der Waals surface area contributed by atoms with Gasteiger partial charge in [0, 0.05) is 30.7 Å². The van der Waals surface area contributed by atoms with Crippen LogP contribution in [-0.4, -0.2) is 57.5 Å². The SMILES string of the molecule is CCN(CC)Cc1ccc(-c2ccn([C@H](C(=O)C(=O)NOC)[C@@H](NC(=O)c3cccnc3)c3ccccc3)n2)cc1. The number of nitrogens with zero attached hydrogens (tertiary/aromatic N) is 4. The number of pyridine rings is 1. The molecule has 0 unspecified atom stereocenters. The number of hydroxylamine groups is 1. The van der Waals surface area contributed by atoms with Gasteiger partial charge < -0.3 is 5.32 Å². The molecule has 212 valence electrons. The van der Waals surface area contributed by atoms with Crippen molar-refractivity contribution in [2.24, 2.45) is 0 Å². The Labute approximate surface area is 239 Å². The number of Topliss-reactive ketones (excluding diaryl/α,β-unsaturated/α-hetero) is 1. The molecule has 0 radical (unpaired) electrons. The fourth-order valence-electron chi connectivity index (χ4n) is 4.56. The van der Waals surface area contributed by atoms with Crippen molar-refractivity contribution in [1.82, 2.24) is 30.5 Å². The molecule has 0 aliphatic heterocycles. The number of rotatable bonds is 13. The predicted molar refractivity (Wildman–Crippen MR) is 154 cm³/mol. The fourth-order valence-corrected chi connectivity index (χ4v) is 4.56. The first-order valence-electron chi connectivity index (χ1n) is 13.4. The minimum absolute atomic E-state index is 0.312. The first-order valence-corrected chi connectivity index (χ1v) is 13.4. The van der Waals surface area contributed by atoms with Gasteiger partial charge in [0.15, 0.2) is 0 Å². The lowest BCUT2D eigenvalue weighted by Crippen LogP contribution is -2.44. The Hall–Kier alpha value is -4.67. The third kappa shape index (κ3) is 7.30. The van der Waals surface area contributed by atoms with Crippen LogP contribution >= 0.6 is 0 Å². The highest BCUT2D eigenvalue weighted by Gasteiger charge is 2.37. The van der Waals surface area contributed by atoms with Gasteiger partial charge in [-0.05, 0) is 42.4 Å². The van der Waals surface area contributed by atoms with E-state index in [0.29, 0.717) is 16.8 Å². The number of carbonyl (C=O) groups is 3. The van der Waals surface area contributed by atoms with E-state index in [2.05, 4.69) is 46.7 Å². The molecule has 4 aromatic rings. The second-order valence-corrected chi connectivity index (χ2v) is 9.39. The molecular formula is C31H34N6O4. The van der Waals surface area contributed by atoms with E-state index < -0.39 is 29.7 Å². The normalized spacial score (nSPS) is 12.5. The van der Waals surface area contributed by atoms with Crippen molar-refractivity contribution >= 4 is 17.6 Å². The molecule has 2 atom stereocenters. The van der Waals surface area contributed by atoms with Crippen LogP contribution in [0.1, 0.15) is 47.4 Å². The average molecular weight is 555 g/mol. The van der Waals surface area contributed by atoms with Crippen LogP contribution < -0.4 is 10.8 Å². The number of carbonyl (C=O) groups excluding carboxylic acids is 3. The number of hydrogen-bond acceptors (Lipinski definition) is 7. The molecule has 41 heavy (non-hydrogen) atoms. The van der Waals surface area contributed by atoms with E-state index in [1.165, 1.54) is 23.6 Å². The molecule has 0 aliphatic carbocycles. The quantitative estimate of drug-likeness (QED) is 0.191. The molecule has 0 bridgehead atoms. The fraction of sp³-hybridized carbons (Fsp3) is 0.258. The minimum Gasteiger partial charge on any atom is -0.343 e. The minimum atomic E-state index is -1.22. The summed E-state index contributed by atoms with van der Waals surface area (Å²) in [6, 6.07) is 19.9. The smallest absolute Gasteiger partial charge is 0.313 e. The molecule has 0 aliphatic rings. The maximum Gasteiger partial charge on any atom is 0.313 e. The van der Waals surface area contributed by atoms with Crippen molar-refractivity contribution < 1.29 is 19.2 Å². The zero-order valence-electron chi connectivity index (χ0n) is 23.4. The lowest BCUT2D eigenvalue weighted by Gasteiger charge is -2.27. The van der Waals surface area contributed by atoms with E-state index in [9.17, 15) is 14.4 Å². The van der Waals surface area contributed by atoms with Crippen LogP contribution in [0.2, 0.25) is 0 Å². The Kier molecular flexibility index (Phi) is 10.1. The average Bonchev–Trinajstić information content (AvgIpc) is 3.50. The molecular weight excluding hydrogens is 520 g/mol. The van der Waals surface area contributed by atoms with Crippen LogP contribution in [0.15, 0.2) is 91.4 Å². The summed E-state index contributed by atoms with van der Waals surface area (Å²) in [5.74, 6) is -2.25. The Balaban J connectivity index is 1.71. The topological polar surface area (TPSA) is 118 Å². The summed E-state index contributed by atoms with van der Waals surface area (Å²) in [5, 5.41) is 7.62. The van der Waals surface area contributed by atoms with Gasteiger partial charge in [-0.1, -0.05) is 68.4 Å². The highest BCUT2D eigenvalue weighted by molar-refractivity contribution is 6.37. The van der Waals surface area contributed by atoms with Crippen molar-refractivity contribution in [3.63, 3.8) is 0 Å². The Morgan fingerprint density at radius 2 is 1.68 bits per heavy atom. The first-order chi connectivity index (χ1) is 19.9. The molecule has 0 spiro atoms. The monoisotopic (exact) mass is 554 g/mol. The Bertz CT molecular complexity index is 1440. The van der Waals surface area contributed by atoms with E-state index in [-0.39, 0.29) is 0 Å². The van der Waals surface area contributed by atoms with Gasteiger partial charge in [-0.15, -0.1) is 0 Å². The third-order valence-electron chi connectivity index (χ3n) is 6.82. The van der Waals surface area contributed by atoms with Gasteiger partial charge in [0.1, 0.15) is 6.04 Å². The Morgan fingerprint density at radius 1 is 0.951 bits per heavy atom. The van der Waals surface area contributed by atoms with Crippen LogP contribution in [0.25, 0.3) is 11.3 Å². The molecule has 0 saturated heterocycles. The number of nitrogens with one attached hydrogen (secondary N) is 2. The molecule has 2 N–H and O–H groups in total. The van der Waals surface area contributed by atoms with E-state index in [1.807, 2.05) is 18.2 Å². The van der Waals surface area contributed by atoms with Crippen LogP contribution in [0.4, 0.5) is 0 Å². The third-order valence-corrected chi connectivity index (χ3v) is 6.82. The zero-order valence-corrected chi connectivity index (χ0v) is 23.4. The van der Waals surface area contributed by atoms with E-state index in [0.717, 1.165) is 25.2 Å². The molecule has 10 heteroatoms. The molecule has 0 fully saturated rings. The van der Waals surface area contributed by atoms with Crippen LogP contribution in [-0.2, 0) is 21.0 Å². The predicted octanol–water partition coefficient (Wildman–Crippen LogP) is 3.75. The summed E-state index contributed by atoms with van der Waals surface area (Å²) in [6.45, 7) is 7.06. The largest absolute Gasteiger partial charge is 0.343 e. The van der Waals surface area contributed by atoms with Crippen molar-refractivity contribution in [1.29, 1.82) is 0 Å². The van der Waals surface area contributed by atoms with Gasteiger partial charge in [0.05, 0.1) is 24.4 Å². The number of benzene rings is 2. The van der Waals surface area contributed by atoms with Crippen molar-refractivity contribution in [2.45, 2.75) is 32.5 Å². The number of amides is 2. The van der Waals surface area contributed by atoms with Crippen molar-refractivity contribution in [3.8, 4) is 11.3 Å². The maximum absolute atomic E-state index is 13.6. The lowest BCUT2D eigenvalue weighted by atomic mass is 9.95. The summed E-state index contributed by atoms with van der Waals surface area (Å²) in [7, 11) is 1.24. The Morgan fingerprint density at radius 3 is 2.32 bits per heavy atom. The van der Waals surface area contributed by atoms with Crippen LogP contribution in [0, 0.1) is 0 Å². The standard InChI is InChI=1S/C31H34N6O4/c1-4-36(5-2)21-22-13-15-23(16-14-22)26-17-19-37(34-26)28(29(38)31(40)35-41-3)27(24-10-7-6-8-11-24)33-30(39)25-12-9-18-32-20-25/h6-20,27-28H,4-5,21H2,1-3H3,(H,33,39)(H,35,40)/t27-,28-/m0/s1. The highest BCUT2D eigenvalue weighted by atomic mass is 16.6. The molecule has 0 saturated carbocycles. The summed E-state index contributed by atoms with van der Waals surface area (Å²) >= 11 is 0. The molecule has 2 aromatic carbocycles. The van der Waals surface area contributed by atoms with Gasteiger partial charge >= 0.3 is 5.91 Å². The van der Waals surface area contributed by atoms with E-state index in [1.54, 1.807) is 54.9 Å². The second-order valence-electron chi connectivity index (χ2n) is 9.39. The molecule has 2 amide bonds. The van der Waals surface area contributed by atoms with Crippen LogP contribution in [0.3, 0.4) is 0 Å². The van der Waals surface area contributed by atoms with Gasteiger partial charge in [-0.3, -0.25) is 33.8 Å². The summed E-state index contributed by atoms with van der Waals surface area (Å²) < 4.78 is 1.41. The van der Waals surface area contributed by atoms with E-state index in [4.69, 9.17) is 9.94 Å². The van der Waals surface area contributed by atoms with Crippen molar-refractivity contribution in [3.05, 3.63) is 108 Å². The highest BCUT2D eigenvalue weighted by Crippen LogP contribution is 2.29. The van der Waals surface area contributed by atoms with E-state index >= 15 is 0 Å². The van der Waals surface area contributed by atoms with Gasteiger partial charge in [-0.2, -0.15) is 5.10 Å².